The first-order chi connectivity index (χ1) is 17.4. The summed E-state index contributed by atoms with van der Waals surface area (Å²) in [4.78, 5) is 13.7. The summed E-state index contributed by atoms with van der Waals surface area (Å²) in [6.07, 6.45) is -0.782. The van der Waals surface area contributed by atoms with Crippen LogP contribution in [0.4, 0.5) is 5.69 Å². The van der Waals surface area contributed by atoms with Crippen molar-refractivity contribution < 1.29 is 19.4 Å². The topological polar surface area (TPSA) is 71.0 Å². The van der Waals surface area contributed by atoms with Crippen molar-refractivity contribution in [2.24, 2.45) is 5.92 Å². The highest BCUT2D eigenvalue weighted by molar-refractivity contribution is 5.88. The molecule has 2 N–H and O–H groups in total. The van der Waals surface area contributed by atoms with Gasteiger partial charge in [0.25, 0.3) is 0 Å². The first-order valence-corrected chi connectivity index (χ1v) is 12.5. The summed E-state index contributed by atoms with van der Waals surface area (Å²) in [5.74, 6) is -0.00549. The van der Waals surface area contributed by atoms with Crippen molar-refractivity contribution in [2.45, 2.75) is 51.9 Å². The molecule has 1 amide bonds. The molecule has 1 fully saturated rings. The van der Waals surface area contributed by atoms with E-state index in [1.165, 1.54) is 12.5 Å². The van der Waals surface area contributed by atoms with E-state index in [0.717, 1.165) is 28.9 Å². The van der Waals surface area contributed by atoms with E-state index >= 15 is 0 Å². The number of carbonyl (C=O) groups is 1. The molecule has 0 radical (unpaired) electrons. The quantitative estimate of drug-likeness (QED) is 0.431. The Morgan fingerprint density at radius 3 is 2.22 bits per heavy atom. The molecule has 0 spiro atoms. The molecular formula is C30H36N2O4. The smallest absolute Gasteiger partial charge is 0.221 e. The first-order valence-electron chi connectivity index (χ1n) is 12.5. The maximum Gasteiger partial charge on any atom is 0.221 e. The lowest BCUT2D eigenvalue weighted by Crippen LogP contribution is -2.44. The van der Waals surface area contributed by atoms with E-state index in [1.54, 1.807) is 0 Å². The second-order valence-electron chi connectivity index (χ2n) is 9.65. The van der Waals surface area contributed by atoms with Crippen molar-refractivity contribution in [3.05, 3.63) is 101 Å². The van der Waals surface area contributed by atoms with E-state index in [2.05, 4.69) is 55.4 Å². The molecule has 36 heavy (non-hydrogen) atoms. The van der Waals surface area contributed by atoms with E-state index < -0.39 is 6.29 Å². The van der Waals surface area contributed by atoms with Crippen LogP contribution in [0.3, 0.4) is 0 Å². The van der Waals surface area contributed by atoms with E-state index in [4.69, 9.17) is 9.47 Å². The van der Waals surface area contributed by atoms with Gasteiger partial charge in [-0.3, -0.25) is 9.69 Å². The Hall–Kier alpha value is -3.03. The summed E-state index contributed by atoms with van der Waals surface area (Å²) < 4.78 is 13.1. The summed E-state index contributed by atoms with van der Waals surface area (Å²) >= 11 is 0. The fourth-order valence-corrected chi connectivity index (χ4v) is 4.68. The fraction of sp³-hybridized carbons (Fsp3) is 0.367. The number of rotatable bonds is 8. The van der Waals surface area contributed by atoms with Gasteiger partial charge in [-0.05, 0) is 42.8 Å². The molecule has 1 heterocycles. The number of amides is 1. The third-order valence-electron chi connectivity index (χ3n) is 7.04. The minimum absolute atomic E-state index is 0.0124. The van der Waals surface area contributed by atoms with Crippen molar-refractivity contribution in [3.8, 4) is 0 Å². The highest BCUT2D eigenvalue weighted by atomic mass is 16.7. The van der Waals surface area contributed by atoms with E-state index in [-0.39, 0.29) is 36.7 Å². The highest BCUT2D eigenvalue weighted by Crippen LogP contribution is 2.42. The largest absolute Gasteiger partial charge is 0.392 e. The van der Waals surface area contributed by atoms with Crippen molar-refractivity contribution in [1.82, 2.24) is 4.90 Å². The van der Waals surface area contributed by atoms with Crippen molar-refractivity contribution in [1.29, 1.82) is 0 Å². The Labute approximate surface area is 213 Å². The summed E-state index contributed by atoms with van der Waals surface area (Å²) in [6.45, 7) is 6.63. The molecule has 3 aromatic rings. The lowest BCUT2D eigenvalue weighted by atomic mass is 9.89. The molecule has 0 saturated carbocycles. The van der Waals surface area contributed by atoms with Gasteiger partial charge in [0.15, 0.2) is 6.29 Å². The third kappa shape index (κ3) is 6.20. The molecule has 1 aliphatic rings. The minimum atomic E-state index is -0.541. The molecule has 5 atom stereocenters. The molecule has 190 valence electrons. The second-order valence-corrected chi connectivity index (χ2v) is 9.65. The average Bonchev–Trinajstić information content (AvgIpc) is 2.90. The predicted octanol–water partition coefficient (Wildman–Crippen LogP) is 5.62. The summed E-state index contributed by atoms with van der Waals surface area (Å²) in [5, 5.41) is 12.3. The van der Waals surface area contributed by atoms with Crippen LogP contribution in [0.5, 0.6) is 0 Å². The number of aliphatic hydroxyl groups excluding tert-OH is 1. The molecular weight excluding hydrogens is 452 g/mol. The Bertz CT molecular complexity index is 1120. The molecule has 4 rings (SSSR count). The SMILES string of the molecule is CC(=O)Nc1ccc([C@@H]2O[C@H](CN(C)[C@@H](C)c3ccccc3)[C@H](C)[C@H](c3ccc(CO)cc3)O2)cc1. The van der Waals surface area contributed by atoms with Crippen LogP contribution in [0.1, 0.15) is 61.5 Å². The Morgan fingerprint density at radius 1 is 0.972 bits per heavy atom. The minimum Gasteiger partial charge on any atom is -0.392 e. The lowest BCUT2D eigenvalue weighted by Gasteiger charge is -2.43. The van der Waals surface area contributed by atoms with E-state index in [1.807, 2.05) is 54.6 Å². The number of ether oxygens (including phenoxy) is 2. The van der Waals surface area contributed by atoms with Crippen molar-refractivity contribution in [2.75, 3.05) is 18.9 Å². The van der Waals surface area contributed by atoms with Crippen LogP contribution in [0.15, 0.2) is 78.9 Å². The lowest BCUT2D eigenvalue weighted by molar-refractivity contribution is -0.276. The van der Waals surface area contributed by atoms with Crippen LogP contribution >= 0.6 is 0 Å². The number of aliphatic hydroxyl groups is 1. The number of carbonyl (C=O) groups excluding carboxylic acids is 1. The molecule has 1 aliphatic heterocycles. The van der Waals surface area contributed by atoms with Crippen LogP contribution in [0.25, 0.3) is 0 Å². The number of likely N-dealkylation sites (N-methyl/N-ethyl adjacent to an activating group) is 1. The standard InChI is InChI=1S/C30H36N2O4/c1-20-28(18-32(4)21(2)24-8-6-5-7-9-24)35-30(26-14-16-27(17-15-26)31-22(3)34)36-29(20)25-12-10-23(19-33)11-13-25/h5-17,20-21,28-30,33H,18-19H2,1-4H3,(H,31,34)/t20-,21-,28+,29+,30+/m0/s1. The fourth-order valence-electron chi connectivity index (χ4n) is 4.68. The molecule has 3 aromatic carbocycles. The molecule has 6 heteroatoms. The third-order valence-corrected chi connectivity index (χ3v) is 7.04. The van der Waals surface area contributed by atoms with Gasteiger partial charge in [-0.15, -0.1) is 0 Å². The van der Waals surface area contributed by atoms with Gasteiger partial charge in [0.2, 0.25) is 5.91 Å². The normalized spacial score (nSPS) is 22.8. The van der Waals surface area contributed by atoms with Gasteiger partial charge < -0.3 is 19.9 Å². The highest BCUT2D eigenvalue weighted by Gasteiger charge is 2.39. The van der Waals surface area contributed by atoms with Gasteiger partial charge in [-0.2, -0.15) is 0 Å². The van der Waals surface area contributed by atoms with Gasteiger partial charge in [0.1, 0.15) is 0 Å². The van der Waals surface area contributed by atoms with Crippen LogP contribution < -0.4 is 5.32 Å². The second kappa shape index (κ2) is 11.8. The molecule has 0 bridgehead atoms. The summed E-state index contributed by atoms with van der Waals surface area (Å²) in [7, 11) is 2.13. The Morgan fingerprint density at radius 2 is 1.61 bits per heavy atom. The van der Waals surface area contributed by atoms with Crippen LogP contribution in [-0.2, 0) is 20.9 Å². The number of nitrogens with zero attached hydrogens (tertiary/aromatic N) is 1. The zero-order valence-electron chi connectivity index (χ0n) is 21.4. The number of benzene rings is 3. The maximum atomic E-state index is 11.4. The van der Waals surface area contributed by atoms with Gasteiger partial charge >= 0.3 is 0 Å². The predicted molar refractivity (Wildman–Crippen MR) is 141 cm³/mol. The monoisotopic (exact) mass is 488 g/mol. The van der Waals surface area contributed by atoms with E-state index in [9.17, 15) is 9.90 Å². The molecule has 0 aliphatic carbocycles. The van der Waals surface area contributed by atoms with Crippen molar-refractivity contribution >= 4 is 11.6 Å². The van der Waals surface area contributed by atoms with Crippen molar-refractivity contribution in [3.63, 3.8) is 0 Å². The number of hydrogen-bond acceptors (Lipinski definition) is 5. The van der Waals surface area contributed by atoms with Crippen LogP contribution in [0.2, 0.25) is 0 Å². The summed E-state index contributed by atoms with van der Waals surface area (Å²) in [6, 6.07) is 26.3. The van der Waals surface area contributed by atoms with Crippen LogP contribution in [-0.4, -0.2) is 35.6 Å². The Kier molecular flexibility index (Phi) is 8.54. The number of anilines is 1. The molecule has 6 nitrogen and oxygen atoms in total. The number of nitrogens with one attached hydrogen (secondary N) is 1. The Balaban J connectivity index is 1.58. The molecule has 0 unspecified atom stereocenters. The van der Waals surface area contributed by atoms with E-state index in [0.29, 0.717) is 0 Å². The van der Waals surface area contributed by atoms with Gasteiger partial charge in [-0.1, -0.05) is 73.7 Å². The molecule has 1 saturated heterocycles. The zero-order chi connectivity index (χ0) is 25.7. The van der Waals surface area contributed by atoms with Gasteiger partial charge in [-0.25, -0.2) is 0 Å². The zero-order valence-corrected chi connectivity index (χ0v) is 21.4. The van der Waals surface area contributed by atoms with Gasteiger partial charge in [0, 0.05) is 36.7 Å². The van der Waals surface area contributed by atoms with Crippen LogP contribution in [0, 0.1) is 5.92 Å². The number of hydrogen-bond donors (Lipinski definition) is 2. The van der Waals surface area contributed by atoms with Gasteiger partial charge in [0.05, 0.1) is 18.8 Å². The summed E-state index contributed by atoms with van der Waals surface area (Å²) in [5.41, 5.74) is 4.83. The molecule has 0 aromatic heterocycles. The average molecular weight is 489 g/mol. The first kappa shape index (κ1) is 26.0. The maximum absolute atomic E-state index is 11.4.